The summed E-state index contributed by atoms with van der Waals surface area (Å²) in [6.07, 6.45) is 0.249. The van der Waals surface area contributed by atoms with Gasteiger partial charge < -0.3 is 0 Å². The molecule has 4 heteroatoms. The number of rotatable bonds is 3. The Balaban J connectivity index is 2.25. The van der Waals surface area contributed by atoms with Gasteiger partial charge in [0.2, 0.25) is 0 Å². The van der Waals surface area contributed by atoms with E-state index >= 15 is 0 Å². The van der Waals surface area contributed by atoms with E-state index in [0.29, 0.717) is 15.6 Å². The molecule has 0 unspecified atom stereocenters. The largest absolute Gasteiger partial charge is 0.293 e. The molecule has 0 saturated heterocycles. The van der Waals surface area contributed by atoms with Gasteiger partial charge in [0.1, 0.15) is 0 Å². The van der Waals surface area contributed by atoms with Gasteiger partial charge in [-0.1, -0.05) is 35.3 Å². The molecule has 16 heavy (non-hydrogen) atoms. The van der Waals surface area contributed by atoms with E-state index in [9.17, 15) is 4.79 Å². The Kier molecular flexibility index (Phi) is 3.64. The van der Waals surface area contributed by atoms with Gasteiger partial charge >= 0.3 is 0 Å². The summed E-state index contributed by atoms with van der Waals surface area (Å²) in [6, 6.07) is 8.91. The predicted molar refractivity (Wildman–Crippen MR) is 68.8 cm³/mol. The zero-order chi connectivity index (χ0) is 11.5. The van der Waals surface area contributed by atoms with Gasteiger partial charge in [0.05, 0.1) is 4.88 Å². The second kappa shape index (κ2) is 5.00. The fourth-order valence-electron chi connectivity index (χ4n) is 1.39. The number of thiophene rings is 1. The topological polar surface area (TPSA) is 17.1 Å². The fourth-order valence-corrected chi connectivity index (χ4v) is 2.58. The summed E-state index contributed by atoms with van der Waals surface area (Å²) in [6.45, 7) is 0. The molecule has 0 aliphatic carbocycles. The minimum Gasteiger partial charge on any atom is -0.293 e. The van der Waals surface area contributed by atoms with Gasteiger partial charge in [-0.25, -0.2) is 0 Å². The SMILES string of the molecule is O=C(Cc1c(Cl)cccc1Cl)c1cccs1. The average molecular weight is 271 g/mol. The first-order chi connectivity index (χ1) is 7.68. The molecule has 1 nitrogen and oxygen atoms in total. The second-order valence-electron chi connectivity index (χ2n) is 3.28. The Hall–Kier alpha value is -0.830. The molecule has 1 aromatic carbocycles. The molecule has 0 aliphatic rings. The summed E-state index contributed by atoms with van der Waals surface area (Å²) in [5.41, 5.74) is 0.698. The standard InChI is InChI=1S/C12H8Cl2OS/c13-9-3-1-4-10(14)8(9)7-11(15)12-5-2-6-16-12/h1-6H,7H2. The van der Waals surface area contributed by atoms with E-state index in [-0.39, 0.29) is 12.2 Å². The zero-order valence-corrected chi connectivity index (χ0v) is 10.6. The van der Waals surface area contributed by atoms with Crippen molar-refractivity contribution in [2.24, 2.45) is 0 Å². The summed E-state index contributed by atoms with van der Waals surface area (Å²) in [5.74, 6) is 0.0463. The molecule has 82 valence electrons. The Bertz CT molecular complexity index is 485. The zero-order valence-electron chi connectivity index (χ0n) is 8.24. The Labute approximate surface area is 108 Å². The molecule has 0 atom stereocenters. The molecule has 0 saturated carbocycles. The normalized spacial score (nSPS) is 10.4. The van der Waals surface area contributed by atoms with Crippen LogP contribution < -0.4 is 0 Å². The van der Waals surface area contributed by atoms with Gasteiger partial charge in [0.25, 0.3) is 0 Å². The number of Topliss-reactive ketones (excluding diaryl/α,β-unsaturated/α-hetero) is 1. The first kappa shape index (κ1) is 11.6. The lowest BCUT2D eigenvalue weighted by Gasteiger charge is -2.04. The minimum atomic E-state index is 0.0463. The molecule has 1 aromatic heterocycles. The number of benzene rings is 1. The van der Waals surface area contributed by atoms with Crippen LogP contribution >= 0.6 is 34.5 Å². The van der Waals surface area contributed by atoms with Crippen LogP contribution in [0, 0.1) is 0 Å². The van der Waals surface area contributed by atoms with Crippen LogP contribution in [0.4, 0.5) is 0 Å². The Morgan fingerprint density at radius 2 is 1.81 bits per heavy atom. The van der Waals surface area contributed by atoms with E-state index in [1.54, 1.807) is 24.3 Å². The Morgan fingerprint density at radius 3 is 2.38 bits per heavy atom. The van der Waals surface area contributed by atoms with Crippen molar-refractivity contribution in [1.82, 2.24) is 0 Å². The number of carbonyl (C=O) groups is 1. The van der Waals surface area contributed by atoms with Gasteiger partial charge in [0.15, 0.2) is 5.78 Å². The molecule has 0 amide bonds. The predicted octanol–water partition coefficient (Wildman–Crippen LogP) is 4.48. The lowest BCUT2D eigenvalue weighted by Crippen LogP contribution is -2.02. The van der Waals surface area contributed by atoms with E-state index in [0.717, 1.165) is 4.88 Å². The average Bonchev–Trinajstić information content (AvgIpc) is 2.76. The molecular weight excluding hydrogens is 263 g/mol. The monoisotopic (exact) mass is 270 g/mol. The maximum absolute atomic E-state index is 11.9. The maximum atomic E-state index is 11.9. The molecule has 0 bridgehead atoms. The first-order valence-electron chi connectivity index (χ1n) is 4.68. The van der Waals surface area contributed by atoms with Crippen molar-refractivity contribution >= 4 is 40.3 Å². The van der Waals surface area contributed by atoms with Crippen LogP contribution in [0.5, 0.6) is 0 Å². The highest BCUT2D eigenvalue weighted by atomic mass is 35.5. The van der Waals surface area contributed by atoms with Crippen molar-refractivity contribution in [2.75, 3.05) is 0 Å². The lowest BCUT2D eigenvalue weighted by molar-refractivity contribution is 0.0997. The number of halogens is 2. The van der Waals surface area contributed by atoms with Crippen LogP contribution in [-0.2, 0) is 6.42 Å². The smallest absolute Gasteiger partial charge is 0.177 e. The van der Waals surface area contributed by atoms with Gasteiger partial charge in [0, 0.05) is 16.5 Å². The van der Waals surface area contributed by atoms with E-state index < -0.39 is 0 Å². The van der Waals surface area contributed by atoms with E-state index in [4.69, 9.17) is 23.2 Å². The lowest BCUT2D eigenvalue weighted by atomic mass is 10.1. The molecule has 0 aliphatic heterocycles. The quantitative estimate of drug-likeness (QED) is 0.752. The molecule has 2 aromatic rings. The molecule has 0 N–H and O–H groups in total. The number of carbonyl (C=O) groups excluding carboxylic acids is 1. The van der Waals surface area contributed by atoms with Crippen molar-refractivity contribution in [3.05, 3.63) is 56.2 Å². The third-order valence-electron chi connectivity index (χ3n) is 2.20. The second-order valence-corrected chi connectivity index (χ2v) is 5.04. The van der Waals surface area contributed by atoms with Gasteiger partial charge in [-0.05, 0) is 29.1 Å². The number of hydrogen-bond donors (Lipinski definition) is 0. The molecular formula is C12H8Cl2OS. The van der Waals surface area contributed by atoms with Crippen LogP contribution in [0.2, 0.25) is 10.0 Å². The fraction of sp³-hybridized carbons (Fsp3) is 0.0833. The van der Waals surface area contributed by atoms with Crippen LogP contribution in [0.1, 0.15) is 15.2 Å². The van der Waals surface area contributed by atoms with E-state index in [1.165, 1.54) is 11.3 Å². The van der Waals surface area contributed by atoms with Crippen molar-refractivity contribution in [3.63, 3.8) is 0 Å². The van der Waals surface area contributed by atoms with Gasteiger partial charge in [-0.2, -0.15) is 0 Å². The van der Waals surface area contributed by atoms with Crippen LogP contribution in [0.3, 0.4) is 0 Å². The van der Waals surface area contributed by atoms with Crippen LogP contribution in [0.15, 0.2) is 35.7 Å². The maximum Gasteiger partial charge on any atom is 0.177 e. The van der Waals surface area contributed by atoms with E-state index in [2.05, 4.69) is 0 Å². The third-order valence-corrected chi connectivity index (χ3v) is 3.81. The molecule has 0 radical (unpaired) electrons. The van der Waals surface area contributed by atoms with E-state index in [1.807, 2.05) is 11.4 Å². The third kappa shape index (κ3) is 2.46. The summed E-state index contributed by atoms with van der Waals surface area (Å²) in [5, 5.41) is 2.95. The summed E-state index contributed by atoms with van der Waals surface area (Å²) in [4.78, 5) is 12.6. The van der Waals surface area contributed by atoms with Crippen molar-refractivity contribution in [1.29, 1.82) is 0 Å². The number of hydrogen-bond acceptors (Lipinski definition) is 2. The summed E-state index contributed by atoms with van der Waals surface area (Å²) in [7, 11) is 0. The number of ketones is 1. The summed E-state index contributed by atoms with van der Waals surface area (Å²) >= 11 is 13.4. The first-order valence-corrected chi connectivity index (χ1v) is 6.31. The van der Waals surface area contributed by atoms with Crippen molar-refractivity contribution < 1.29 is 4.79 Å². The van der Waals surface area contributed by atoms with Crippen LogP contribution in [-0.4, -0.2) is 5.78 Å². The highest BCUT2D eigenvalue weighted by molar-refractivity contribution is 7.12. The van der Waals surface area contributed by atoms with Crippen molar-refractivity contribution in [2.45, 2.75) is 6.42 Å². The minimum absolute atomic E-state index is 0.0463. The highest BCUT2D eigenvalue weighted by Crippen LogP contribution is 2.26. The van der Waals surface area contributed by atoms with Crippen molar-refractivity contribution in [3.8, 4) is 0 Å². The van der Waals surface area contributed by atoms with Gasteiger partial charge in [-0.15, -0.1) is 11.3 Å². The highest BCUT2D eigenvalue weighted by Gasteiger charge is 2.12. The molecule has 2 rings (SSSR count). The van der Waals surface area contributed by atoms with Crippen LogP contribution in [0.25, 0.3) is 0 Å². The molecule has 0 spiro atoms. The Morgan fingerprint density at radius 1 is 1.12 bits per heavy atom. The summed E-state index contributed by atoms with van der Waals surface area (Å²) < 4.78 is 0. The van der Waals surface area contributed by atoms with Gasteiger partial charge in [-0.3, -0.25) is 4.79 Å². The molecule has 1 heterocycles. The molecule has 0 fully saturated rings.